The summed E-state index contributed by atoms with van der Waals surface area (Å²) in [5.74, 6) is 2.63. The average Bonchev–Trinajstić information content (AvgIpc) is 3.02. The van der Waals surface area contributed by atoms with Crippen LogP contribution in [0.25, 0.3) is 0 Å². The third-order valence-corrected chi connectivity index (χ3v) is 4.66. The van der Waals surface area contributed by atoms with Crippen molar-refractivity contribution in [1.29, 1.82) is 0 Å². The fraction of sp³-hybridized carbons (Fsp3) is 0.824. The molecular formula is C17H31N7O2. The van der Waals surface area contributed by atoms with E-state index in [1.165, 1.54) is 0 Å². The zero-order valence-electron chi connectivity index (χ0n) is 16.1. The molecule has 2 N–H and O–H groups in total. The predicted molar refractivity (Wildman–Crippen MR) is 99.2 cm³/mol. The lowest BCUT2D eigenvalue weighted by atomic mass is 10.1. The molecular weight excluding hydrogens is 334 g/mol. The van der Waals surface area contributed by atoms with Crippen LogP contribution in [0.15, 0.2) is 4.99 Å². The number of guanidine groups is 1. The SMILES string of the molecule is CCNC(=NCC1CN(C)CCO1)NC1CCc2nc(COC)nn2C1. The van der Waals surface area contributed by atoms with Gasteiger partial charge in [0.05, 0.1) is 25.8 Å². The molecule has 2 atom stereocenters. The standard InChI is InChI=1S/C17H31N7O2/c1-4-18-17(19-9-14-11-23(2)7-8-26-14)20-13-5-6-16-21-15(12-25-3)22-24(16)10-13/h13-14H,4-12H2,1-3H3,(H2,18,19,20). The third kappa shape index (κ3) is 5.15. The Balaban J connectivity index is 1.56. The highest BCUT2D eigenvalue weighted by molar-refractivity contribution is 5.80. The Labute approximate surface area is 155 Å². The van der Waals surface area contributed by atoms with Gasteiger partial charge in [0.2, 0.25) is 0 Å². The van der Waals surface area contributed by atoms with Crippen molar-refractivity contribution in [3.8, 4) is 0 Å². The van der Waals surface area contributed by atoms with E-state index >= 15 is 0 Å². The van der Waals surface area contributed by atoms with E-state index in [0.717, 1.165) is 63.2 Å². The van der Waals surface area contributed by atoms with Gasteiger partial charge in [0.1, 0.15) is 12.4 Å². The van der Waals surface area contributed by atoms with Crippen molar-refractivity contribution < 1.29 is 9.47 Å². The highest BCUT2D eigenvalue weighted by Crippen LogP contribution is 2.13. The summed E-state index contributed by atoms with van der Waals surface area (Å²) < 4.78 is 12.9. The summed E-state index contributed by atoms with van der Waals surface area (Å²) in [6, 6.07) is 0.285. The van der Waals surface area contributed by atoms with Gasteiger partial charge in [-0.15, -0.1) is 0 Å². The van der Waals surface area contributed by atoms with E-state index in [4.69, 9.17) is 14.5 Å². The average molecular weight is 365 g/mol. The topological polar surface area (TPSA) is 88.8 Å². The summed E-state index contributed by atoms with van der Waals surface area (Å²) in [6.45, 7) is 7.52. The summed E-state index contributed by atoms with van der Waals surface area (Å²) in [5, 5.41) is 11.4. The Hall–Kier alpha value is -1.71. The fourth-order valence-electron chi connectivity index (χ4n) is 3.35. The van der Waals surface area contributed by atoms with Crippen molar-refractivity contribution in [3.05, 3.63) is 11.6 Å². The van der Waals surface area contributed by atoms with Gasteiger partial charge in [-0.1, -0.05) is 0 Å². The molecule has 1 aromatic heterocycles. The number of aryl methyl sites for hydroxylation is 1. The maximum atomic E-state index is 5.80. The molecule has 0 bridgehead atoms. The van der Waals surface area contributed by atoms with Crippen LogP contribution in [0.2, 0.25) is 0 Å². The van der Waals surface area contributed by atoms with Gasteiger partial charge in [0.25, 0.3) is 0 Å². The monoisotopic (exact) mass is 365 g/mol. The van der Waals surface area contributed by atoms with Crippen LogP contribution in [-0.4, -0.2) is 84.7 Å². The highest BCUT2D eigenvalue weighted by Gasteiger charge is 2.23. The van der Waals surface area contributed by atoms with Gasteiger partial charge < -0.3 is 25.0 Å². The number of hydrogen-bond acceptors (Lipinski definition) is 6. The molecule has 3 heterocycles. The van der Waals surface area contributed by atoms with Gasteiger partial charge >= 0.3 is 0 Å². The number of morpholine rings is 1. The van der Waals surface area contributed by atoms with Crippen molar-refractivity contribution in [2.45, 2.75) is 45.1 Å². The lowest BCUT2D eigenvalue weighted by molar-refractivity contribution is -0.0136. The summed E-state index contributed by atoms with van der Waals surface area (Å²) >= 11 is 0. The Bertz CT molecular complexity index is 604. The summed E-state index contributed by atoms with van der Waals surface area (Å²) in [4.78, 5) is 11.5. The quantitative estimate of drug-likeness (QED) is 0.525. The predicted octanol–water partition coefficient (Wildman–Crippen LogP) is -0.375. The van der Waals surface area contributed by atoms with Gasteiger partial charge in [-0.3, -0.25) is 4.99 Å². The van der Waals surface area contributed by atoms with E-state index in [9.17, 15) is 0 Å². The van der Waals surface area contributed by atoms with Crippen LogP contribution < -0.4 is 10.6 Å². The molecule has 0 saturated carbocycles. The van der Waals surface area contributed by atoms with Crippen LogP contribution in [0.5, 0.6) is 0 Å². The zero-order valence-corrected chi connectivity index (χ0v) is 16.1. The lowest BCUT2D eigenvalue weighted by Gasteiger charge is -2.29. The van der Waals surface area contributed by atoms with Crippen LogP contribution >= 0.6 is 0 Å². The molecule has 0 aromatic carbocycles. The molecule has 0 radical (unpaired) electrons. The van der Waals surface area contributed by atoms with Crippen molar-refractivity contribution in [3.63, 3.8) is 0 Å². The number of aliphatic imine (C=N–C) groups is 1. The van der Waals surface area contributed by atoms with E-state index < -0.39 is 0 Å². The minimum absolute atomic E-state index is 0.161. The molecule has 2 unspecified atom stereocenters. The number of hydrogen-bond donors (Lipinski definition) is 2. The van der Waals surface area contributed by atoms with Gasteiger partial charge in [-0.05, 0) is 20.4 Å². The molecule has 1 aromatic rings. The number of aromatic nitrogens is 3. The first-order chi connectivity index (χ1) is 12.7. The first-order valence-electron chi connectivity index (χ1n) is 9.44. The van der Waals surface area contributed by atoms with Crippen LogP contribution in [0.1, 0.15) is 25.0 Å². The number of likely N-dealkylation sites (N-methyl/N-ethyl adjacent to an activating group) is 1. The van der Waals surface area contributed by atoms with Crippen LogP contribution in [0, 0.1) is 0 Å². The summed E-state index contributed by atoms with van der Waals surface area (Å²) in [6.07, 6.45) is 2.08. The van der Waals surface area contributed by atoms with Gasteiger partial charge in [-0.25, -0.2) is 9.67 Å². The Morgan fingerprint density at radius 1 is 1.42 bits per heavy atom. The molecule has 26 heavy (non-hydrogen) atoms. The van der Waals surface area contributed by atoms with E-state index in [0.29, 0.717) is 13.2 Å². The fourth-order valence-corrected chi connectivity index (χ4v) is 3.35. The molecule has 1 saturated heterocycles. The zero-order chi connectivity index (χ0) is 18.4. The molecule has 146 valence electrons. The molecule has 2 aliphatic heterocycles. The number of nitrogens with zero attached hydrogens (tertiary/aromatic N) is 5. The van der Waals surface area contributed by atoms with E-state index in [1.54, 1.807) is 7.11 Å². The summed E-state index contributed by atoms with van der Waals surface area (Å²) in [7, 11) is 3.79. The lowest BCUT2D eigenvalue weighted by Crippen LogP contribution is -2.48. The molecule has 9 nitrogen and oxygen atoms in total. The Kier molecular flexibility index (Phi) is 6.81. The normalized spacial score (nSPS) is 24.3. The van der Waals surface area contributed by atoms with Crippen LogP contribution in [0.3, 0.4) is 0 Å². The second-order valence-electron chi connectivity index (χ2n) is 6.91. The van der Waals surface area contributed by atoms with Gasteiger partial charge in [0.15, 0.2) is 11.8 Å². The second kappa shape index (κ2) is 9.29. The molecule has 3 rings (SSSR count). The second-order valence-corrected chi connectivity index (χ2v) is 6.91. The van der Waals surface area contributed by atoms with Crippen molar-refractivity contribution in [2.24, 2.45) is 4.99 Å². The largest absolute Gasteiger partial charge is 0.377 e. The maximum absolute atomic E-state index is 5.80. The molecule has 0 spiro atoms. The third-order valence-electron chi connectivity index (χ3n) is 4.66. The highest BCUT2D eigenvalue weighted by atomic mass is 16.5. The van der Waals surface area contributed by atoms with Crippen LogP contribution in [-0.2, 0) is 29.0 Å². The number of ether oxygens (including phenoxy) is 2. The van der Waals surface area contributed by atoms with Crippen LogP contribution in [0.4, 0.5) is 0 Å². The molecule has 2 aliphatic rings. The van der Waals surface area contributed by atoms with Crippen molar-refractivity contribution in [2.75, 3.05) is 46.9 Å². The number of rotatable bonds is 6. The molecule has 1 fully saturated rings. The van der Waals surface area contributed by atoms with Crippen molar-refractivity contribution >= 4 is 5.96 Å². The minimum Gasteiger partial charge on any atom is -0.377 e. The Morgan fingerprint density at radius 2 is 2.31 bits per heavy atom. The van der Waals surface area contributed by atoms with E-state index in [1.807, 2.05) is 4.68 Å². The number of fused-ring (bicyclic) bond motifs is 1. The first-order valence-corrected chi connectivity index (χ1v) is 9.44. The van der Waals surface area contributed by atoms with E-state index in [-0.39, 0.29) is 12.1 Å². The van der Waals surface area contributed by atoms with Crippen molar-refractivity contribution in [1.82, 2.24) is 30.3 Å². The molecule has 9 heteroatoms. The first kappa shape index (κ1) is 19.1. The number of nitrogens with one attached hydrogen (secondary N) is 2. The van der Waals surface area contributed by atoms with Gasteiger partial charge in [0, 0.05) is 39.2 Å². The number of methoxy groups -OCH3 is 1. The van der Waals surface area contributed by atoms with Gasteiger partial charge in [-0.2, -0.15) is 5.10 Å². The Morgan fingerprint density at radius 3 is 3.08 bits per heavy atom. The maximum Gasteiger partial charge on any atom is 0.191 e. The molecule has 0 amide bonds. The minimum atomic E-state index is 0.161. The smallest absolute Gasteiger partial charge is 0.191 e. The molecule has 0 aliphatic carbocycles. The summed E-state index contributed by atoms with van der Waals surface area (Å²) in [5.41, 5.74) is 0. The van der Waals surface area contributed by atoms with E-state index in [2.05, 4.69) is 39.6 Å².